The van der Waals surface area contributed by atoms with Crippen molar-refractivity contribution in [3.05, 3.63) is 89.5 Å². The summed E-state index contributed by atoms with van der Waals surface area (Å²) in [6.45, 7) is 2.99. The fraction of sp³-hybridized carbons (Fsp3) is 0.240. The Hall–Kier alpha value is -3.45. The van der Waals surface area contributed by atoms with Crippen molar-refractivity contribution in [2.45, 2.75) is 26.4 Å². The molecular weight excluding hydrogens is 362 g/mol. The van der Waals surface area contributed by atoms with Crippen LogP contribution in [0.5, 0.6) is 17.2 Å². The molecule has 148 valence electrons. The SMILES string of the molecule is Cc1cccc(COc2cccc(OCCCc3ccccc3)c2)c1OCC#N. The molecule has 0 spiro atoms. The maximum absolute atomic E-state index is 8.78. The molecule has 0 amide bonds. The maximum atomic E-state index is 8.78. The van der Waals surface area contributed by atoms with Crippen molar-refractivity contribution in [2.75, 3.05) is 13.2 Å². The van der Waals surface area contributed by atoms with Crippen LogP contribution in [0.4, 0.5) is 0 Å². The van der Waals surface area contributed by atoms with Gasteiger partial charge >= 0.3 is 0 Å². The van der Waals surface area contributed by atoms with Crippen LogP contribution in [-0.2, 0) is 13.0 Å². The molecule has 0 unspecified atom stereocenters. The highest BCUT2D eigenvalue weighted by Crippen LogP contribution is 2.26. The summed E-state index contributed by atoms with van der Waals surface area (Å²) in [5.74, 6) is 2.24. The largest absolute Gasteiger partial charge is 0.493 e. The van der Waals surface area contributed by atoms with Gasteiger partial charge in [-0.05, 0) is 43.0 Å². The Morgan fingerprint density at radius 3 is 2.38 bits per heavy atom. The molecule has 0 saturated carbocycles. The van der Waals surface area contributed by atoms with Gasteiger partial charge in [0.1, 0.15) is 29.9 Å². The van der Waals surface area contributed by atoms with E-state index in [9.17, 15) is 0 Å². The second kappa shape index (κ2) is 10.8. The van der Waals surface area contributed by atoms with Crippen LogP contribution in [0.1, 0.15) is 23.1 Å². The molecule has 4 nitrogen and oxygen atoms in total. The summed E-state index contributed by atoms with van der Waals surface area (Å²) < 4.78 is 17.4. The second-order valence-corrected chi connectivity index (χ2v) is 6.71. The van der Waals surface area contributed by atoms with Gasteiger partial charge in [0.25, 0.3) is 0 Å². The molecule has 0 aromatic heterocycles. The van der Waals surface area contributed by atoms with Gasteiger partial charge in [-0.3, -0.25) is 0 Å². The molecule has 29 heavy (non-hydrogen) atoms. The number of rotatable bonds is 10. The Balaban J connectivity index is 1.52. The molecule has 0 fully saturated rings. The number of aryl methyl sites for hydroxylation is 2. The highest BCUT2D eigenvalue weighted by atomic mass is 16.5. The number of hydrogen-bond donors (Lipinski definition) is 0. The van der Waals surface area contributed by atoms with Crippen molar-refractivity contribution in [1.29, 1.82) is 5.26 Å². The average molecular weight is 387 g/mol. The smallest absolute Gasteiger partial charge is 0.174 e. The van der Waals surface area contributed by atoms with E-state index in [4.69, 9.17) is 19.5 Å². The molecule has 0 radical (unpaired) electrons. The van der Waals surface area contributed by atoms with Gasteiger partial charge in [0.2, 0.25) is 0 Å². The van der Waals surface area contributed by atoms with Gasteiger partial charge in [-0.15, -0.1) is 0 Å². The number of ether oxygens (including phenoxy) is 3. The zero-order chi connectivity index (χ0) is 20.3. The van der Waals surface area contributed by atoms with Gasteiger partial charge in [-0.2, -0.15) is 5.26 Å². The molecule has 0 heterocycles. The highest BCUT2D eigenvalue weighted by Gasteiger charge is 2.08. The van der Waals surface area contributed by atoms with Crippen LogP contribution in [0, 0.1) is 18.3 Å². The summed E-state index contributed by atoms with van der Waals surface area (Å²) in [5.41, 5.74) is 3.21. The predicted molar refractivity (Wildman–Crippen MR) is 113 cm³/mol. The minimum atomic E-state index is 0.0180. The molecule has 3 aromatic rings. The Labute approximate surface area is 172 Å². The van der Waals surface area contributed by atoms with Crippen LogP contribution in [-0.4, -0.2) is 13.2 Å². The zero-order valence-electron chi connectivity index (χ0n) is 16.6. The quantitative estimate of drug-likeness (QED) is 0.432. The van der Waals surface area contributed by atoms with E-state index in [1.165, 1.54) is 5.56 Å². The monoisotopic (exact) mass is 387 g/mol. The highest BCUT2D eigenvalue weighted by molar-refractivity contribution is 5.41. The van der Waals surface area contributed by atoms with Crippen LogP contribution in [0.3, 0.4) is 0 Å². The van der Waals surface area contributed by atoms with Gasteiger partial charge in [-0.25, -0.2) is 0 Å². The Morgan fingerprint density at radius 1 is 0.828 bits per heavy atom. The summed E-state index contributed by atoms with van der Waals surface area (Å²) in [6.07, 6.45) is 1.95. The van der Waals surface area contributed by atoms with Crippen molar-refractivity contribution in [2.24, 2.45) is 0 Å². The number of benzene rings is 3. The predicted octanol–water partition coefficient (Wildman–Crippen LogP) is 5.49. The minimum Gasteiger partial charge on any atom is -0.493 e. The van der Waals surface area contributed by atoms with Gasteiger partial charge in [0, 0.05) is 11.6 Å². The maximum Gasteiger partial charge on any atom is 0.174 e. The van der Waals surface area contributed by atoms with Crippen LogP contribution < -0.4 is 14.2 Å². The molecule has 0 saturated heterocycles. The average Bonchev–Trinajstić information content (AvgIpc) is 2.76. The lowest BCUT2D eigenvalue weighted by Gasteiger charge is -2.14. The number of hydrogen-bond acceptors (Lipinski definition) is 4. The zero-order valence-corrected chi connectivity index (χ0v) is 16.6. The molecule has 0 N–H and O–H groups in total. The van der Waals surface area contributed by atoms with Gasteiger partial charge < -0.3 is 14.2 Å². The normalized spacial score (nSPS) is 10.2. The van der Waals surface area contributed by atoms with Crippen molar-refractivity contribution in [3.63, 3.8) is 0 Å². The van der Waals surface area contributed by atoms with E-state index in [0.717, 1.165) is 35.5 Å². The van der Waals surface area contributed by atoms with E-state index >= 15 is 0 Å². The van der Waals surface area contributed by atoms with Crippen LogP contribution in [0.25, 0.3) is 0 Å². The summed E-state index contributed by atoms with van der Waals surface area (Å²) >= 11 is 0. The molecule has 4 heteroatoms. The molecule has 3 rings (SSSR count). The molecule has 0 aliphatic heterocycles. The standard InChI is InChI=1S/C25H25NO3/c1-20-8-5-12-22(25(20)28-17-15-26)19-29-24-14-6-13-23(18-24)27-16-7-11-21-9-3-2-4-10-21/h2-6,8-10,12-14,18H,7,11,16-17,19H2,1H3. The van der Waals surface area contributed by atoms with Gasteiger partial charge in [0.05, 0.1) is 6.61 Å². The van der Waals surface area contributed by atoms with E-state index in [1.807, 2.05) is 61.5 Å². The lowest BCUT2D eigenvalue weighted by Crippen LogP contribution is -2.03. The summed E-state index contributed by atoms with van der Waals surface area (Å²) in [7, 11) is 0. The van der Waals surface area contributed by atoms with Crippen molar-refractivity contribution >= 4 is 0 Å². The number of nitrogens with zero attached hydrogens (tertiary/aromatic N) is 1. The molecule has 0 bridgehead atoms. The third kappa shape index (κ3) is 6.29. The van der Waals surface area contributed by atoms with Crippen LogP contribution in [0.15, 0.2) is 72.8 Å². The third-order valence-corrected chi connectivity index (χ3v) is 4.50. The first-order chi connectivity index (χ1) is 14.3. The molecule has 0 aliphatic carbocycles. The third-order valence-electron chi connectivity index (χ3n) is 4.50. The van der Waals surface area contributed by atoms with Crippen molar-refractivity contribution < 1.29 is 14.2 Å². The first-order valence-electron chi connectivity index (χ1n) is 9.74. The van der Waals surface area contributed by atoms with E-state index in [-0.39, 0.29) is 6.61 Å². The van der Waals surface area contributed by atoms with Crippen molar-refractivity contribution in [3.8, 4) is 23.3 Å². The fourth-order valence-corrected chi connectivity index (χ4v) is 3.06. The van der Waals surface area contributed by atoms with E-state index in [0.29, 0.717) is 19.0 Å². The van der Waals surface area contributed by atoms with E-state index < -0.39 is 0 Å². The lowest BCUT2D eigenvalue weighted by molar-refractivity contribution is 0.284. The Kier molecular flexibility index (Phi) is 7.54. The second-order valence-electron chi connectivity index (χ2n) is 6.71. The number of nitriles is 1. The van der Waals surface area contributed by atoms with Gasteiger partial charge in [-0.1, -0.05) is 54.6 Å². The summed E-state index contributed by atoms with van der Waals surface area (Å²) in [4.78, 5) is 0. The van der Waals surface area contributed by atoms with Crippen LogP contribution in [0.2, 0.25) is 0 Å². The van der Waals surface area contributed by atoms with E-state index in [1.54, 1.807) is 0 Å². The minimum absolute atomic E-state index is 0.0180. The van der Waals surface area contributed by atoms with Crippen LogP contribution >= 0.6 is 0 Å². The van der Waals surface area contributed by atoms with E-state index in [2.05, 4.69) is 24.3 Å². The van der Waals surface area contributed by atoms with Crippen molar-refractivity contribution in [1.82, 2.24) is 0 Å². The first kappa shape index (κ1) is 20.3. The topological polar surface area (TPSA) is 51.5 Å². The Bertz CT molecular complexity index is 948. The lowest BCUT2D eigenvalue weighted by atomic mass is 10.1. The molecule has 0 atom stereocenters. The molecule has 0 aliphatic rings. The molecular formula is C25H25NO3. The number of para-hydroxylation sites is 1. The molecule has 3 aromatic carbocycles. The first-order valence-corrected chi connectivity index (χ1v) is 9.74. The summed E-state index contributed by atoms with van der Waals surface area (Å²) in [6, 6.07) is 25.9. The fourth-order valence-electron chi connectivity index (χ4n) is 3.06. The van der Waals surface area contributed by atoms with Gasteiger partial charge in [0.15, 0.2) is 6.61 Å². The summed E-state index contributed by atoms with van der Waals surface area (Å²) in [5, 5.41) is 8.78. The Morgan fingerprint density at radius 2 is 1.59 bits per heavy atom.